The standard InChI is InChI=1S/C33H50O5/c1-20-10-11-26-31(6,7)27(38-22(3)34)13-14-32(26,8)23(20)18-25(35)28-21(2)12-15-33(29(36)37-9)17-16-30(4,5)19-24(28)33/h24,26-27H,10-19H2,1-9H3. The first-order valence-corrected chi connectivity index (χ1v) is 14.8. The SMILES string of the molecule is COC(=O)C12CCC(C)=C(C(=O)CC3=C(C)CCC4C3(C)CCC(OC(C)=O)C4(C)C)C1CC(C)(C)CC2. The van der Waals surface area contributed by atoms with Crippen LogP contribution in [0.2, 0.25) is 0 Å². The number of carbonyl (C=O) groups is 3. The molecule has 0 aromatic carbocycles. The quantitative estimate of drug-likeness (QED) is 0.274. The second-order valence-electron chi connectivity index (χ2n) is 14.6. The topological polar surface area (TPSA) is 69.7 Å². The third-order valence-electron chi connectivity index (χ3n) is 11.4. The van der Waals surface area contributed by atoms with E-state index in [-0.39, 0.29) is 46.0 Å². The van der Waals surface area contributed by atoms with Crippen LogP contribution in [0.25, 0.3) is 0 Å². The number of carbonyl (C=O) groups excluding carboxylic acids is 3. The Bertz CT molecular complexity index is 1070. The maximum Gasteiger partial charge on any atom is 0.312 e. The second kappa shape index (κ2) is 9.93. The molecule has 38 heavy (non-hydrogen) atoms. The van der Waals surface area contributed by atoms with Crippen LogP contribution in [-0.4, -0.2) is 30.9 Å². The number of hydrogen-bond acceptors (Lipinski definition) is 5. The molecule has 4 aliphatic carbocycles. The van der Waals surface area contributed by atoms with Crippen molar-refractivity contribution in [2.75, 3.05) is 7.11 Å². The maximum absolute atomic E-state index is 14.4. The van der Waals surface area contributed by atoms with Crippen LogP contribution < -0.4 is 0 Å². The zero-order chi connectivity index (χ0) is 28.3. The Morgan fingerprint density at radius 1 is 0.895 bits per heavy atom. The number of fused-ring (bicyclic) bond motifs is 2. The molecule has 0 amide bonds. The lowest BCUT2D eigenvalue weighted by atomic mass is 9.48. The highest BCUT2D eigenvalue weighted by atomic mass is 16.5. The Balaban J connectivity index is 1.68. The number of methoxy groups -OCH3 is 1. The number of rotatable bonds is 5. The van der Waals surface area contributed by atoms with E-state index in [2.05, 4.69) is 48.5 Å². The van der Waals surface area contributed by atoms with Gasteiger partial charge in [-0.1, -0.05) is 51.3 Å². The molecule has 5 nitrogen and oxygen atoms in total. The number of hydrogen-bond donors (Lipinski definition) is 0. The van der Waals surface area contributed by atoms with Crippen molar-refractivity contribution >= 4 is 17.7 Å². The van der Waals surface area contributed by atoms with Gasteiger partial charge in [0.2, 0.25) is 0 Å². The van der Waals surface area contributed by atoms with Gasteiger partial charge in [0.1, 0.15) is 6.10 Å². The van der Waals surface area contributed by atoms with Crippen LogP contribution in [0.15, 0.2) is 22.3 Å². The van der Waals surface area contributed by atoms with Crippen LogP contribution in [0.4, 0.5) is 0 Å². The molecule has 4 aliphatic rings. The Labute approximate surface area is 230 Å². The lowest BCUT2D eigenvalue weighted by Gasteiger charge is -2.57. The Hall–Kier alpha value is -1.91. The van der Waals surface area contributed by atoms with Gasteiger partial charge in [-0.25, -0.2) is 0 Å². The van der Waals surface area contributed by atoms with Crippen molar-refractivity contribution in [3.05, 3.63) is 22.3 Å². The minimum Gasteiger partial charge on any atom is -0.469 e. The molecular weight excluding hydrogens is 476 g/mol. The second-order valence-corrected chi connectivity index (χ2v) is 14.6. The third kappa shape index (κ3) is 4.70. The fourth-order valence-electron chi connectivity index (χ4n) is 9.18. The van der Waals surface area contributed by atoms with Gasteiger partial charge in [0.25, 0.3) is 0 Å². The molecular formula is C33H50O5. The average Bonchev–Trinajstić information content (AvgIpc) is 2.82. The fraction of sp³-hybridized carbons (Fsp3) is 0.788. The van der Waals surface area contributed by atoms with E-state index in [0.717, 1.165) is 68.9 Å². The summed E-state index contributed by atoms with van der Waals surface area (Å²) in [6, 6.07) is 0. The number of Topliss-reactive ketones (excluding diaryl/α,β-unsaturated/α-hetero) is 1. The molecule has 0 heterocycles. The summed E-state index contributed by atoms with van der Waals surface area (Å²) in [6.45, 7) is 17.2. The largest absolute Gasteiger partial charge is 0.469 e. The molecule has 5 atom stereocenters. The van der Waals surface area contributed by atoms with Gasteiger partial charge in [-0.05, 0) is 94.0 Å². The number of ether oxygens (including phenoxy) is 2. The Morgan fingerprint density at radius 3 is 2.21 bits per heavy atom. The van der Waals surface area contributed by atoms with Gasteiger partial charge in [0.15, 0.2) is 5.78 Å². The molecule has 0 bridgehead atoms. The van der Waals surface area contributed by atoms with Crippen molar-refractivity contribution in [2.45, 2.75) is 126 Å². The normalized spacial score (nSPS) is 36.2. The number of ketones is 1. The predicted molar refractivity (Wildman–Crippen MR) is 149 cm³/mol. The van der Waals surface area contributed by atoms with E-state index in [0.29, 0.717) is 12.3 Å². The van der Waals surface area contributed by atoms with E-state index in [1.807, 2.05) is 0 Å². The van der Waals surface area contributed by atoms with Crippen LogP contribution in [-0.2, 0) is 23.9 Å². The first kappa shape index (κ1) is 29.1. The van der Waals surface area contributed by atoms with Crippen LogP contribution in [0.1, 0.15) is 120 Å². The van der Waals surface area contributed by atoms with Crippen molar-refractivity contribution in [2.24, 2.45) is 33.5 Å². The molecule has 0 aromatic rings. The summed E-state index contributed by atoms with van der Waals surface area (Å²) in [5.41, 5.74) is 3.94. The summed E-state index contributed by atoms with van der Waals surface area (Å²) >= 11 is 0. The van der Waals surface area contributed by atoms with Gasteiger partial charge in [-0.2, -0.15) is 0 Å². The highest BCUT2D eigenvalue weighted by molar-refractivity contribution is 6.00. The molecule has 0 aromatic heterocycles. The minimum atomic E-state index is -0.582. The monoisotopic (exact) mass is 526 g/mol. The van der Waals surface area contributed by atoms with Crippen LogP contribution >= 0.6 is 0 Å². The third-order valence-corrected chi connectivity index (χ3v) is 11.4. The molecule has 2 fully saturated rings. The summed E-state index contributed by atoms with van der Waals surface area (Å²) < 4.78 is 11.2. The first-order chi connectivity index (χ1) is 17.6. The van der Waals surface area contributed by atoms with E-state index < -0.39 is 5.41 Å². The van der Waals surface area contributed by atoms with Gasteiger partial charge >= 0.3 is 11.9 Å². The van der Waals surface area contributed by atoms with Crippen molar-refractivity contribution in [1.82, 2.24) is 0 Å². The van der Waals surface area contributed by atoms with Gasteiger partial charge in [0, 0.05) is 24.7 Å². The van der Waals surface area contributed by atoms with Crippen molar-refractivity contribution in [3.8, 4) is 0 Å². The average molecular weight is 527 g/mol. The van der Waals surface area contributed by atoms with Crippen molar-refractivity contribution in [1.29, 1.82) is 0 Å². The number of esters is 2. The lowest BCUT2D eigenvalue weighted by molar-refractivity contribution is -0.166. The fourth-order valence-corrected chi connectivity index (χ4v) is 9.18. The van der Waals surface area contributed by atoms with E-state index >= 15 is 0 Å². The highest BCUT2D eigenvalue weighted by Gasteiger charge is 2.58. The van der Waals surface area contributed by atoms with Gasteiger partial charge in [0.05, 0.1) is 12.5 Å². The predicted octanol–water partition coefficient (Wildman–Crippen LogP) is 7.53. The minimum absolute atomic E-state index is 0.0795. The van der Waals surface area contributed by atoms with Crippen molar-refractivity contribution < 1.29 is 23.9 Å². The van der Waals surface area contributed by atoms with E-state index in [9.17, 15) is 14.4 Å². The molecule has 212 valence electrons. The van der Waals surface area contributed by atoms with Crippen LogP contribution in [0.5, 0.6) is 0 Å². The molecule has 4 rings (SSSR count). The lowest BCUT2D eigenvalue weighted by Crippen LogP contribution is -2.53. The zero-order valence-corrected chi connectivity index (χ0v) is 25.3. The first-order valence-electron chi connectivity index (χ1n) is 14.8. The van der Waals surface area contributed by atoms with Crippen LogP contribution in [0, 0.1) is 33.5 Å². The highest BCUT2D eigenvalue weighted by Crippen LogP contribution is 2.62. The van der Waals surface area contributed by atoms with Gasteiger partial charge < -0.3 is 9.47 Å². The maximum atomic E-state index is 14.4. The smallest absolute Gasteiger partial charge is 0.312 e. The summed E-state index contributed by atoms with van der Waals surface area (Å²) in [7, 11) is 1.49. The van der Waals surface area contributed by atoms with Gasteiger partial charge in [-0.15, -0.1) is 0 Å². The molecule has 0 saturated heterocycles. The molecule has 5 unspecified atom stereocenters. The Kier molecular flexibility index (Phi) is 7.60. The van der Waals surface area contributed by atoms with E-state index in [1.165, 1.54) is 25.2 Å². The summed E-state index contributed by atoms with van der Waals surface area (Å²) in [5.74, 6) is 0.109. The molecule has 0 spiro atoms. The zero-order valence-electron chi connectivity index (χ0n) is 25.3. The number of allylic oxidation sites excluding steroid dienone is 4. The van der Waals surface area contributed by atoms with Crippen molar-refractivity contribution in [3.63, 3.8) is 0 Å². The van der Waals surface area contributed by atoms with E-state index in [4.69, 9.17) is 9.47 Å². The summed E-state index contributed by atoms with van der Waals surface area (Å²) in [6.07, 6.45) is 8.24. The van der Waals surface area contributed by atoms with Crippen LogP contribution in [0.3, 0.4) is 0 Å². The molecule has 5 heteroatoms. The molecule has 2 saturated carbocycles. The summed E-state index contributed by atoms with van der Waals surface area (Å²) in [4.78, 5) is 39.5. The Morgan fingerprint density at radius 2 is 1.58 bits per heavy atom. The molecule has 0 radical (unpaired) electrons. The van der Waals surface area contributed by atoms with Gasteiger partial charge in [-0.3, -0.25) is 14.4 Å². The van der Waals surface area contributed by atoms with E-state index in [1.54, 1.807) is 0 Å². The summed E-state index contributed by atoms with van der Waals surface area (Å²) in [5, 5.41) is 0. The molecule has 0 N–H and O–H groups in total. The molecule has 0 aliphatic heterocycles.